The number of hydrogen-bond donors (Lipinski definition) is 1. The van der Waals surface area contributed by atoms with Crippen molar-refractivity contribution in [2.45, 2.75) is 45.3 Å². The highest BCUT2D eigenvalue weighted by Crippen LogP contribution is 2.37. The van der Waals surface area contributed by atoms with E-state index in [4.69, 9.17) is 15.2 Å². The van der Waals surface area contributed by atoms with E-state index in [9.17, 15) is 4.79 Å². The van der Waals surface area contributed by atoms with Crippen LogP contribution in [0.4, 0.5) is 4.79 Å². The molecule has 2 heterocycles. The van der Waals surface area contributed by atoms with Crippen molar-refractivity contribution in [1.82, 2.24) is 4.90 Å². The quantitative estimate of drug-likeness (QED) is 0.910. The Hall–Kier alpha value is -1.75. The van der Waals surface area contributed by atoms with E-state index in [0.29, 0.717) is 13.1 Å². The molecule has 1 saturated heterocycles. The van der Waals surface area contributed by atoms with Gasteiger partial charge < -0.3 is 20.1 Å². The minimum Gasteiger partial charge on any atom is -0.493 e. The highest BCUT2D eigenvalue weighted by Gasteiger charge is 2.34. The van der Waals surface area contributed by atoms with E-state index in [1.54, 1.807) is 4.90 Å². The van der Waals surface area contributed by atoms with E-state index in [1.807, 2.05) is 32.9 Å². The average molecular weight is 318 g/mol. The Morgan fingerprint density at radius 2 is 2.22 bits per heavy atom. The van der Waals surface area contributed by atoms with Crippen molar-refractivity contribution in [3.8, 4) is 5.75 Å². The van der Waals surface area contributed by atoms with Gasteiger partial charge in [-0.05, 0) is 38.7 Å². The van der Waals surface area contributed by atoms with Gasteiger partial charge in [0, 0.05) is 31.1 Å². The second kappa shape index (κ2) is 6.04. The van der Waals surface area contributed by atoms with Crippen LogP contribution in [-0.4, -0.2) is 36.3 Å². The van der Waals surface area contributed by atoms with Crippen molar-refractivity contribution >= 4 is 6.09 Å². The molecule has 0 aliphatic carbocycles. The molecule has 0 aromatic heterocycles. The van der Waals surface area contributed by atoms with Crippen molar-refractivity contribution in [3.63, 3.8) is 0 Å². The van der Waals surface area contributed by atoms with E-state index in [1.165, 1.54) is 5.56 Å². The first-order valence-electron chi connectivity index (χ1n) is 8.33. The van der Waals surface area contributed by atoms with Crippen LogP contribution < -0.4 is 10.5 Å². The zero-order chi connectivity index (χ0) is 16.6. The normalized spacial score (nSPS) is 21.7. The van der Waals surface area contributed by atoms with Crippen LogP contribution in [0.1, 0.15) is 44.4 Å². The first-order valence-corrected chi connectivity index (χ1v) is 8.33. The molecule has 0 radical (unpaired) electrons. The summed E-state index contributed by atoms with van der Waals surface area (Å²) < 4.78 is 11.2. The van der Waals surface area contributed by atoms with Gasteiger partial charge in [-0.25, -0.2) is 4.79 Å². The van der Waals surface area contributed by atoms with Crippen molar-refractivity contribution in [1.29, 1.82) is 0 Å². The Morgan fingerprint density at radius 3 is 2.96 bits per heavy atom. The van der Waals surface area contributed by atoms with Crippen molar-refractivity contribution < 1.29 is 14.3 Å². The van der Waals surface area contributed by atoms with Crippen molar-refractivity contribution in [3.05, 3.63) is 29.3 Å². The number of benzene rings is 1. The summed E-state index contributed by atoms with van der Waals surface area (Å²) in [5.74, 6) is 1.19. The third-order valence-electron chi connectivity index (χ3n) is 4.49. The van der Waals surface area contributed by atoms with Crippen LogP contribution in [-0.2, 0) is 11.2 Å². The lowest BCUT2D eigenvalue weighted by Crippen LogP contribution is -2.36. The summed E-state index contributed by atoms with van der Waals surface area (Å²) in [7, 11) is 0. The van der Waals surface area contributed by atoms with Gasteiger partial charge in [0.15, 0.2) is 0 Å². The molecule has 126 valence electrons. The standard InChI is InChI=1S/C18H26N2O3/c1-18(2,3)23-17(21)20-9-7-13(11-20)15(19)14-6-4-5-12-8-10-22-16(12)14/h4-6,13,15H,7-11,19H2,1-3H3. The molecule has 2 aliphatic rings. The second-order valence-corrected chi connectivity index (χ2v) is 7.43. The molecular weight excluding hydrogens is 292 g/mol. The largest absolute Gasteiger partial charge is 0.493 e. The number of likely N-dealkylation sites (tertiary alicyclic amines) is 1. The molecular formula is C18H26N2O3. The minimum absolute atomic E-state index is 0.115. The van der Waals surface area contributed by atoms with E-state index < -0.39 is 5.60 Å². The maximum Gasteiger partial charge on any atom is 0.410 e. The zero-order valence-corrected chi connectivity index (χ0v) is 14.2. The molecule has 1 amide bonds. The Balaban J connectivity index is 1.67. The number of nitrogens with zero attached hydrogens (tertiary/aromatic N) is 1. The van der Waals surface area contributed by atoms with Crippen LogP contribution in [0.15, 0.2) is 18.2 Å². The second-order valence-electron chi connectivity index (χ2n) is 7.43. The summed E-state index contributed by atoms with van der Waals surface area (Å²) in [6, 6.07) is 6.07. The Morgan fingerprint density at radius 1 is 1.43 bits per heavy atom. The third kappa shape index (κ3) is 3.44. The van der Waals surface area contributed by atoms with Gasteiger partial charge in [0.2, 0.25) is 0 Å². The van der Waals surface area contributed by atoms with Gasteiger partial charge >= 0.3 is 6.09 Å². The maximum atomic E-state index is 12.2. The number of para-hydroxylation sites is 1. The highest BCUT2D eigenvalue weighted by molar-refractivity contribution is 5.68. The fourth-order valence-corrected chi connectivity index (χ4v) is 3.33. The highest BCUT2D eigenvalue weighted by atomic mass is 16.6. The number of carbonyl (C=O) groups is 1. The monoisotopic (exact) mass is 318 g/mol. The molecule has 0 bridgehead atoms. The summed E-state index contributed by atoms with van der Waals surface area (Å²) in [5.41, 5.74) is 8.34. The smallest absolute Gasteiger partial charge is 0.410 e. The fourth-order valence-electron chi connectivity index (χ4n) is 3.33. The lowest BCUT2D eigenvalue weighted by atomic mass is 9.91. The zero-order valence-electron chi connectivity index (χ0n) is 14.2. The number of carbonyl (C=O) groups excluding carboxylic acids is 1. The Labute approximate surface area is 137 Å². The van der Waals surface area contributed by atoms with E-state index in [2.05, 4.69) is 6.07 Å². The van der Waals surface area contributed by atoms with Crippen LogP contribution in [0.25, 0.3) is 0 Å². The Kier molecular flexibility index (Phi) is 4.23. The van der Waals surface area contributed by atoms with Gasteiger partial charge in [-0.3, -0.25) is 0 Å². The molecule has 1 fully saturated rings. The van der Waals surface area contributed by atoms with Crippen LogP contribution in [0, 0.1) is 5.92 Å². The predicted molar refractivity (Wildman–Crippen MR) is 88.5 cm³/mol. The lowest BCUT2D eigenvalue weighted by Gasteiger charge is -2.25. The molecule has 1 aromatic rings. The van der Waals surface area contributed by atoms with Gasteiger partial charge in [0.25, 0.3) is 0 Å². The van der Waals surface area contributed by atoms with Crippen molar-refractivity contribution in [2.75, 3.05) is 19.7 Å². The number of amides is 1. The number of nitrogens with two attached hydrogens (primary N) is 1. The van der Waals surface area contributed by atoms with Gasteiger partial charge in [0.05, 0.1) is 6.61 Å². The Bertz CT molecular complexity index is 594. The molecule has 0 saturated carbocycles. The molecule has 5 nitrogen and oxygen atoms in total. The van der Waals surface area contributed by atoms with E-state index in [-0.39, 0.29) is 18.1 Å². The average Bonchev–Trinajstić information content (AvgIpc) is 3.13. The summed E-state index contributed by atoms with van der Waals surface area (Å²) in [4.78, 5) is 14.0. The molecule has 3 rings (SSSR count). The lowest BCUT2D eigenvalue weighted by molar-refractivity contribution is 0.0286. The van der Waals surface area contributed by atoms with Crippen LogP contribution in [0.5, 0.6) is 5.75 Å². The molecule has 2 atom stereocenters. The molecule has 0 spiro atoms. The number of hydrogen-bond acceptors (Lipinski definition) is 4. The van der Waals surface area contributed by atoms with Gasteiger partial charge in [0.1, 0.15) is 11.4 Å². The van der Waals surface area contributed by atoms with Crippen LogP contribution >= 0.6 is 0 Å². The summed E-state index contributed by atoms with van der Waals surface area (Å²) >= 11 is 0. The van der Waals surface area contributed by atoms with Crippen molar-refractivity contribution in [2.24, 2.45) is 11.7 Å². The van der Waals surface area contributed by atoms with Crippen LogP contribution in [0.2, 0.25) is 0 Å². The predicted octanol–water partition coefficient (Wildman–Crippen LogP) is 2.88. The molecule has 5 heteroatoms. The number of fused-ring (bicyclic) bond motifs is 1. The van der Waals surface area contributed by atoms with Gasteiger partial charge in [-0.2, -0.15) is 0 Å². The topological polar surface area (TPSA) is 64.8 Å². The third-order valence-corrected chi connectivity index (χ3v) is 4.49. The van der Waals surface area contributed by atoms with Gasteiger partial charge in [-0.1, -0.05) is 18.2 Å². The van der Waals surface area contributed by atoms with E-state index in [0.717, 1.165) is 30.8 Å². The first-order chi connectivity index (χ1) is 10.8. The molecule has 23 heavy (non-hydrogen) atoms. The minimum atomic E-state index is -0.467. The number of rotatable bonds is 2. The van der Waals surface area contributed by atoms with Gasteiger partial charge in [-0.15, -0.1) is 0 Å². The molecule has 1 aromatic carbocycles. The summed E-state index contributed by atoms with van der Waals surface area (Å²) in [5, 5.41) is 0. The molecule has 2 aliphatic heterocycles. The fraction of sp³-hybridized carbons (Fsp3) is 0.611. The number of ether oxygens (including phenoxy) is 2. The maximum absolute atomic E-state index is 12.2. The molecule has 2 unspecified atom stereocenters. The summed E-state index contributed by atoms with van der Waals surface area (Å²) in [6.45, 7) is 7.72. The first kappa shape index (κ1) is 16.1. The van der Waals surface area contributed by atoms with Crippen LogP contribution in [0.3, 0.4) is 0 Å². The SMILES string of the molecule is CC(C)(C)OC(=O)N1CCC(C(N)c2cccc3c2OCC3)C1. The van der Waals surface area contributed by atoms with E-state index >= 15 is 0 Å². The molecule has 2 N–H and O–H groups in total. The summed E-state index contributed by atoms with van der Waals surface area (Å²) in [6.07, 6.45) is 1.59.